The van der Waals surface area contributed by atoms with Crippen LogP contribution in [0.1, 0.15) is 52.4 Å². The van der Waals surface area contributed by atoms with Crippen molar-refractivity contribution in [2.45, 2.75) is 58.4 Å². The molecule has 0 unspecified atom stereocenters. The number of nitrogens with two attached hydrogens (primary N) is 1. The molecule has 6 N–H and O–H groups in total. The lowest BCUT2D eigenvalue weighted by Gasteiger charge is -2.27. The minimum Gasteiger partial charge on any atom is -0.388 e. The number of allylic oxidation sites excluding steroid dienone is 8. The van der Waals surface area contributed by atoms with Crippen LogP contribution in [-0.4, -0.2) is 13.1 Å². The Bertz CT molecular complexity index is 484. The molecule has 0 saturated heterocycles. The second-order valence-electron chi connectivity index (χ2n) is 7.15. The summed E-state index contributed by atoms with van der Waals surface area (Å²) in [5.74, 6) is 1.85. The minimum atomic E-state index is 0. The van der Waals surface area contributed by atoms with E-state index in [2.05, 4.69) is 68.1 Å². The summed E-state index contributed by atoms with van der Waals surface area (Å²) >= 11 is 0. The van der Waals surface area contributed by atoms with Crippen LogP contribution < -0.4 is 17.2 Å². The maximum atomic E-state index is 4.50. The van der Waals surface area contributed by atoms with Gasteiger partial charge in [-0.05, 0) is 68.6 Å². The van der Waals surface area contributed by atoms with Crippen LogP contribution >= 0.6 is 0 Å². The van der Waals surface area contributed by atoms with Gasteiger partial charge in [0.2, 0.25) is 0 Å². The molecule has 1 radical (unpaired) electrons. The van der Waals surface area contributed by atoms with Crippen LogP contribution in [-0.2, 0) is 0 Å². The van der Waals surface area contributed by atoms with Crippen LogP contribution in [0, 0.1) is 18.3 Å². The van der Waals surface area contributed by atoms with E-state index in [1.165, 1.54) is 56.7 Å². The smallest absolute Gasteiger partial charge is 0.0256 e. The second kappa shape index (κ2) is 14.6. The zero-order chi connectivity index (χ0) is 18.5. The fraction of sp³-hybridized carbons (Fsp3) is 0.522. The van der Waals surface area contributed by atoms with Crippen molar-refractivity contribution >= 4 is 0 Å². The summed E-state index contributed by atoms with van der Waals surface area (Å²) in [7, 11) is 1.50. The zero-order valence-corrected chi connectivity index (χ0v) is 17.1. The fourth-order valence-corrected chi connectivity index (χ4v) is 3.12. The lowest BCUT2D eigenvalue weighted by atomic mass is 9.87. The van der Waals surface area contributed by atoms with Gasteiger partial charge in [-0.15, -0.1) is 6.58 Å². The van der Waals surface area contributed by atoms with Crippen LogP contribution in [0.25, 0.3) is 0 Å². The van der Waals surface area contributed by atoms with Crippen LogP contribution in [0.5, 0.6) is 0 Å². The van der Waals surface area contributed by atoms with E-state index in [-0.39, 0.29) is 6.15 Å². The van der Waals surface area contributed by atoms with Crippen molar-refractivity contribution in [3.63, 3.8) is 0 Å². The topological polar surface area (TPSA) is 73.0 Å². The number of hydrogen-bond donors (Lipinski definition) is 3. The summed E-state index contributed by atoms with van der Waals surface area (Å²) in [6, 6.07) is 0.678. The molecule has 1 fully saturated rings. The first-order chi connectivity index (χ1) is 12.2. The van der Waals surface area contributed by atoms with Gasteiger partial charge in [0.1, 0.15) is 0 Å². The Hall–Kier alpha value is -1.58. The molecule has 0 aliphatic heterocycles. The van der Waals surface area contributed by atoms with E-state index in [0.29, 0.717) is 6.04 Å². The highest BCUT2D eigenvalue weighted by Gasteiger charge is 2.17. The second-order valence-corrected chi connectivity index (χ2v) is 7.15. The van der Waals surface area contributed by atoms with E-state index >= 15 is 0 Å². The molecule has 147 valence electrons. The Morgan fingerprint density at radius 3 is 1.96 bits per heavy atom. The lowest BCUT2D eigenvalue weighted by molar-refractivity contribution is 0.325. The molecule has 0 bridgehead atoms. The third kappa shape index (κ3) is 9.21. The van der Waals surface area contributed by atoms with Gasteiger partial charge in [-0.25, -0.2) is 0 Å². The zero-order valence-electron chi connectivity index (χ0n) is 17.1. The summed E-state index contributed by atoms with van der Waals surface area (Å²) in [5.41, 5.74) is 7.10. The highest BCUT2D eigenvalue weighted by molar-refractivity contribution is 5.57. The van der Waals surface area contributed by atoms with Crippen LogP contribution in [0.15, 0.2) is 60.4 Å². The van der Waals surface area contributed by atoms with Gasteiger partial charge in [-0.1, -0.05) is 50.3 Å². The molecule has 0 spiro atoms. The first kappa shape index (κ1) is 24.4. The van der Waals surface area contributed by atoms with Gasteiger partial charge in [-0.3, -0.25) is 0 Å². The predicted octanol–water partition coefficient (Wildman–Crippen LogP) is 5.63. The summed E-state index contributed by atoms with van der Waals surface area (Å²) < 4.78 is 0. The summed E-state index contributed by atoms with van der Waals surface area (Å²) in [4.78, 5) is 0. The maximum Gasteiger partial charge on any atom is 0.0256 e. The van der Waals surface area contributed by atoms with Crippen molar-refractivity contribution in [1.29, 1.82) is 0 Å². The van der Waals surface area contributed by atoms with Gasteiger partial charge < -0.3 is 17.2 Å². The average Bonchev–Trinajstić information content (AvgIpc) is 3.09. The molecule has 26 heavy (non-hydrogen) atoms. The molecule has 0 aromatic heterocycles. The van der Waals surface area contributed by atoms with Crippen LogP contribution in [0.4, 0.5) is 0 Å². The molecule has 3 nitrogen and oxygen atoms in total. The van der Waals surface area contributed by atoms with Gasteiger partial charge in [0.25, 0.3) is 0 Å². The van der Waals surface area contributed by atoms with Gasteiger partial charge in [0, 0.05) is 18.7 Å². The largest absolute Gasteiger partial charge is 0.388 e. The van der Waals surface area contributed by atoms with E-state index in [0.717, 1.165) is 11.8 Å². The molecule has 1 saturated carbocycles. The van der Waals surface area contributed by atoms with Crippen LogP contribution in [0.3, 0.4) is 0 Å². The Balaban J connectivity index is 0.000000585. The standard InChI is InChI=1S/C16H22N.C6H10.CH5N.H3N/c1-3-4-5-14-8-9-15(14)12-17-16-10-6-13(2)7-11-16;1-6-4-2-3-5-6;1-2;/h3-5,8-9,12-13,16-17H,1,6-7,10-11H2,2H3;2-3,6H,4-5H2,1H3;2H2,1H3;1H3/b14-5?,15-12+;;;. The molecular weight excluding hydrogens is 318 g/mol. The Morgan fingerprint density at radius 2 is 1.54 bits per heavy atom. The van der Waals surface area contributed by atoms with Crippen molar-refractivity contribution in [3.05, 3.63) is 66.8 Å². The average molecular weight is 359 g/mol. The van der Waals surface area contributed by atoms with Crippen molar-refractivity contribution in [2.24, 2.45) is 17.6 Å². The minimum absolute atomic E-state index is 0. The maximum absolute atomic E-state index is 4.50. The molecule has 3 heteroatoms. The van der Waals surface area contributed by atoms with Crippen LogP contribution in [0.2, 0.25) is 0 Å². The molecule has 0 heterocycles. The van der Waals surface area contributed by atoms with E-state index in [1.54, 1.807) is 0 Å². The number of hydrogen-bond acceptors (Lipinski definition) is 3. The van der Waals surface area contributed by atoms with Crippen molar-refractivity contribution in [2.75, 3.05) is 7.05 Å². The lowest BCUT2D eigenvalue weighted by Crippen LogP contribution is -2.29. The third-order valence-corrected chi connectivity index (χ3v) is 4.92. The van der Waals surface area contributed by atoms with E-state index < -0.39 is 0 Å². The Morgan fingerprint density at radius 1 is 0.962 bits per heavy atom. The molecule has 0 atom stereocenters. The molecule has 3 aliphatic rings. The summed E-state index contributed by atoms with van der Waals surface area (Å²) in [5, 5.41) is 3.56. The Kier molecular flexibility index (Phi) is 13.7. The molecule has 0 amide bonds. The monoisotopic (exact) mass is 358 g/mol. The molecule has 0 aromatic carbocycles. The van der Waals surface area contributed by atoms with Gasteiger partial charge in [0.05, 0.1) is 0 Å². The van der Waals surface area contributed by atoms with E-state index in [9.17, 15) is 0 Å². The first-order valence-electron chi connectivity index (χ1n) is 9.72. The summed E-state index contributed by atoms with van der Waals surface area (Å²) in [6.07, 6.45) is 24.8. The first-order valence-corrected chi connectivity index (χ1v) is 9.72. The molecule has 0 aromatic rings. The number of rotatable bonds is 4. The molecular formula is C23H40N3. The van der Waals surface area contributed by atoms with Crippen molar-refractivity contribution in [3.8, 4) is 0 Å². The van der Waals surface area contributed by atoms with Gasteiger partial charge >= 0.3 is 0 Å². The normalized spacial score (nSPS) is 26.8. The highest BCUT2D eigenvalue weighted by atomic mass is 14.9. The van der Waals surface area contributed by atoms with Crippen molar-refractivity contribution in [1.82, 2.24) is 11.5 Å². The predicted molar refractivity (Wildman–Crippen MR) is 117 cm³/mol. The third-order valence-electron chi connectivity index (χ3n) is 4.92. The molecule has 3 rings (SSSR count). The van der Waals surface area contributed by atoms with E-state index in [4.69, 9.17) is 0 Å². The highest BCUT2D eigenvalue weighted by Crippen LogP contribution is 2.26. The summed E-state index contributed by atoms with van der Waals surface area (Å²) in [6.45, 7) is 8.32. The molecule has 3 aliphatic carbocycles. The SMILES string of the molecule is C=C[CH]C=C1C=C/C1=C\NC1CCC(C)CC1.CC1CC=CC1.CN.N. The van der Waals surface area contributed by atoms with Gasteiger partial charge in [-0.2, -0.15) is 0 Å². The quantitative estimate of drug-likeness (QED) is 0.570. The van der Waals surface area contributed by atoms with Gasteiger partial charge in [0.15, 0.2) is 0 Å². The van der Waals surface area contributed by atoms with E-state index in [1.807, 2.05) is 12.5 Å². The van der Waals surface area contributed by atoms with Crippen molar-refractivity contribution < 1.29 is 0 Å². The number of nitrogens with one attached hydrogen (secondary N) is 1. The fourth-order valence-electron chi connectivity index (χ4n) is 3.12. The Labute approximate surface area is 161 Å².